The standard InChI is InChI=1S/C17H17N5/c1-10-7-14-15(21-17(20)22-16(14)19)9-13(10)12-4-2-3-11(8-12)5-6-18/h2-4,7-9,16H,5,19H2,1H3,(H3,20,21,22). The predicted molar refractivity (Wildman–Crippen MR) is 88.1 cm³/mol. The van der Waals surface area contributed by atoms with Crippen LogP contribution in [0.3, 0.4) is 0 Å². The second kappa shape index (κ2) is 5.51. The van der Waals surface area contributed by atoms with E-state index in [4.69, 9.17) is 16.7 Å². The van der Waals surface area contributed by atoms with Crippen molar-refractivity contribution in [2.24, 2.45) is 16.5 Å². The Bertz CT molecular complexity index is 801. The minimum atomic E-state index is -0.436. The Balaban J connectivity index is 2.08. The van der Waals surface area contributed by atoms with Crippen molar-refractivity contribution in [1.82, 2.24) is 0 Å². The largest absolute Gasteiger partial charge is 0.370 e. The molecule has 0 saturated carbocycles. The second-order valence-corrected chi connectivity index (χ2v) is 5.37. The Morgan fingerprint density at radius 3 is 2.91 bits per heavy atom. The molecule has 2 aromatic rings. The van der Waals surface area contributed by atoms with Gasteiger partial charge < -0.3 is 16.8 Å². The molecule has 22 heavy (non-hydrogen) atoms. The van der Waals surface area contributed by atoms with E-state index in [1.54, 1.807) is 0 Å². The maximum atomic E-state index is 8.85. The van der Waals surface area contributed by atoms with E-state index in [0.29, 0.717) is 12.4 Å². The summed E-state index contributed by atoms with van der Waals surface area (Å²) in [7, 11) is 0. The van der Waals surface area contributed by atoms with E-state index in [9.17, 15) is 0 Å². The van der Waals surface area contributed by atoms with E-state index in [2.05, 4.69) is 16.4 Å². The van der Waals surface area contributed by atoms with Gasteiger partial charge in [-0.15, -0.1) is 0 Å². The molecule has 0 radical (unpaired) electrons. The highest BCUT2D eigenvalue weighted by atomic mass is 15.2. The molecule has 5 heteroatoms. The van der Waals surface area contributed by atoms with Crippen LogP contribution in [-0.4, -0.2) is 5.96 Å². The number of hydrogen-bond acceptors (Lipinski definition) is 5. The normalized spacial score (nSPS) is 16.2. The number of nitriles is 1. The Labute approximate surface area is 129 Å². The molecular weight excluding hydrogens is 274 g/mol. The van der Waals surface area contributed by atoms with E-state index in [0.717, 1.165) is 33.5 Å². The van der Waals surface area contributed by atoms with Crippen LogP contribution in [0.4, 0.5) is 5.69 Å². The monoisotopic (exact) mass is 291 g/mol. The number of nitrogens with one attached hydrogen (secondary N) is 1. The van der Waals surface area contributed by atoms with Gasteiger partial charge >= 0.3 is 0 Å². The van der Waals surface area contributed by atoms with Gasteiger partial charge in [-0.05, 0) is 41.3 Å². The molecule has 0 saturated heterocycles. The fourth-order valence-corrected chi connectivity index (χ4v) is 2.72. The number of benzene rings is 2. The van der Waals surface area contributed by atoms with Gasteiger partial charge in [0.15, 0.2) is 5.96 Å². The highest BCUT2D eigenvalue weighted by Gasteiger charge is 2.19. The van der Waals surface area contributed by atoms with Crippen LogP contribution in [0.2, 0.25) is 0 Å². The first-order valence-electron chi connectivity index (χ1n) is 7.05. The third kappa shape index (κ3) is 2.52. The molecule has 1 aliphatic heterocycles. The zero-order valence-corrected chi connectivity index (χ0v) is 12.3. The minimum absolute atomic E-state index is 0.327. The molecule has 0 aromatic heterocycles. The van der Waals surface area contributed by atoms with Gasteiger partial charge in [0.2, 0.25) is 0 Å². The van der Waals surface area contributed by atoms with E-state index in [1.807, 2.05) is 43.3 Å². The lowest BCUT2D eigenvalue weighted by Gasteiger charge is -2.23. The molecule has 1 unspecified atom stereocenters. The Morgan fingerprint density at radius 1 is 1.32 bits per heavy atom. The average molecular weight is 291 g/mol. The smallest absolute Gasteiger partial charge is 0.195 e. The van der Waals surface area contributed by atoms with Crippen LogP contribution < -0.4 is 16.8 Å². The van der Waals surface area contributed by atoms with Gasteiger partial charge in [-0.3, -0.25) is 0 Å². The molecule has 1 heterocycles. The van der Waals surface area contributed by atoms with Gasteiger partial charge in [0, 0.05) is 11.3 Å². The summed E-state index contributed by atoms with van der Waals surface area (Å²) in [4.78, 5) is 4.13. The molecule has 0 bridgehead atoms. The van der Waals surface area contributed by atoms with Crippen LogP contribution >= 0.6 is 0 Å². The molecular formula is C17H17N5. The molecule has 2 aromatic carbocycles. The third-order valence-corrected chi connectivity index (χ3v) is 3.78. The minimum Gasteiger partial charge on any atom is -0.370 e. The van der Waals surface area contributed by atoms with E-state index in [1.165, 1.54) is 0 Å². The average Bonchev–Trinajstić information content (AvgIpc) is 2.48. The number of anilines is 1. The van der Waals surface area contributed by atoms with Crippen LogP contribution in [0, 0.1) is 18.3 Å². The quantitative estimate of drug-likeness (QED) is 0.791. The SMILES string of the molecule is Cc1cc2c(cc1-c1cccc(CC#N)c1)NC(N)=NC2N. The van der Waals surface area contributed by atoms with E-state index in [-0.39, 0.29) is 0 Å². The third-order valence-electron chi connectivity index (χ3n) is 3.78. The number of guanidine groups is 1. The summed E-state index contributed by atoms with van der Waals surface area (Å²) in [6, 6.07) is 14.3. The molecule has 0 amide bonds. The lowest BCUT2D eigenvalue weighted by atomic mass is 9.94. The molecule has 1 aliphatic rings. The molecule has 5 nitrogen and oxygen atoms in total. The Kier molecular flexibility index (Phi) is 3.53. The molecule has 5 N–H and O–H groups in total. The molecule has 0 fully saturated rings. The van der Waals surface area contributed by atoms with Gasteiger partial charge in [-0.2, -0.15) is 5.26 Å². The van der Waals surface area contributed by atoms with Crippen molar-refractivity contribution < 1.29 is 0 Å². The molecule has 110 valence electrons. The van der Waals surface area contributed by atoms with Gasteiger partial charge in [-0.25, -0.2) is 4.99 Å². The lowest BCUT2D eigenvalue weighted by Crippen LogP contribution is -2.30. The summed E-state index contributed by atoms with van der Waals surface area (Å²) in [6.45, 7) is 2.04. The van der Waals surface area contributed by atoms with Gasteiger partial charge in [0.25, 0.3) is 0 Å². The van der Waals surface area contributed by atoms with Gasteiger partial charge in [0.1, 0.15) is 6.17 Å². The van der Waals surface area contributed by atoms with Crippen molar-refractivity contribution in [3.8, 4) is 17.2 Å². The first-order chi connectivity index (χ1) is 10.6. The highest BCUT2D eigenvalue weighted by Crippen LogP contribution is 2.34. The topological polar surface area (TPSA) is 100 Å². The number of nitrogens with zero attached hydrogens (tertiary/aromatic N) is 2. The van der Waals surface area contributed by atoms with Crippen LogP contribution in [0.15, 0.2) is 41.4 Å². The van der Waals surface area contributed by atoms with Crippen molar-refractivity contribution in [2.45, 2.75) is 19.5 Å². The van der Waals surface area contributed by atoms with Crippen LogP contribution in [-0.2, 0) is 6.42 Å². The van der Waals surface area contributed by atoms with Crippen molar-refractivity contribution >= 4 is 11.6 Å². The number of aryl methyl sites for hydroxylation is 1. The summed E-state index contributed by atoms with van der Waals surface area (Å²) in [5.41, 5.74) is 17.9. The first-order valence-corrected chi connectivity index (χ1v) is 7.05. The van der Waals surface area contributed by atoms with Crippen LogP contribution in [0.5, 0.6) is 0 Å². The molecule has 3 rings (SSSR count). The first kappa shape index (κ1) is 14.1. The maximum Gasteiger partial charge on any atom is 0.195 e. The zero-order valence-electron chi connectivity index (χ0n) is 12.3. The molecule has 0 aliphatic carbocycles. The number of nitrogens with two attached hydrogens (primary N) is 2. The summed E-state index contributed by atoms with van der Waals surface area (Å²) in [5.74, 6) is 0.327. The summed E-state index contributed by atoms with van der Waals surface area (Å²) in [5, 5.41) is 11.9. The molecule has 0 spiro atoms. The van der Waals surface area contributed by atoms with Crippen LogP contribution in [0.1, 0.15) is 22.9 Å². The highest BCUT2D eigenvalue weighted by molar-refractivity contribution is 5.96. The zero-order chi connectivity index (χ0) is 15.7. The van der Waals surface area contributed by atoms with E-state index < -0.39 is 6.17 Å². The van der Waals surface area contributed by atoms with Crippen molar-refractivity contribution in [2.75, 3.05) is 5.32 Å². The van der Waals surface area contributed by atoms with Gasteiger partial charge in [0.05, 0.1) is 12.5 Å². The summed E-state index contributed by atoms with van der Waals surface area (Å²) >= 11 is 0. The number of fused-ring (bicyclic) bond motifs is 1. The fraction of sp³-hybridized carbons (Fsp3) is 0.176. The van der Waals surface area contributed by atoms with Crippen LogP contribution in [0.25, 0.3) is 11.1 Å². The number of aliphatic imine (C=N–C) groups is 1. The van der Waals surface area contributed by atoms with Crippen molar-refractivity contribution in [1.29, 1.82) is 5.26 Å². The number of rotatable bonds is 2. The lowest BCUT2D eigenvalue weighted by molar-refractivity contribution is 0.766. The Hall–Kier alpha value is -2.84. The Morgan fingerprint density at radius 2 is 2.14 bits per heavy atom. The summed E-state index contributed by atoms with van der Waals surface area (Å²) in [6.07, 6.45) is -0.0329. The summed E-state index contributed by atoms with van der Waals surface area (Å²) < 4.78 is 0. The fourth-order valence-electron chi connectivity index (χ4n) is 2.72. The predicted octanol–water partition coefficient (Wildman–Crippen LogP) is 2.43. The maximum absolute atomic E-state index is 8.85. The second-order valence-electron chi connectivity index (χ2n) is 5.37. The van der Waals surface area contributed by atoms with Crippen molar-refractivity contribution in [3.63, 3.8) is 0 Å². The molecule has 1 atom stereocenters. The number of hydrogen-bond donors (Lipinski definition) is 3. The van der Waals surface area contributed by atoms with Gasteiger partial charge in [-0.1, -0.05) is 24.3 Å². The van der Waals surface area contributed by atoms with Crippen molar-refractivity contribution in [3.05, 3.63) is 53.1 Å². The van der Waals surface area contributed by atoms with E-state index >= 15 is 0 Å².